The van der Waals surface area contributed by atoms with E-state index in [1.165, 1.54) is 10.9 Å². The van der Waals surface area contributed by atoms with Crippen molar-refractivity contribution in [2.24, 2.45) is 7.05 Å². The summed E-state index contributed by atoms with van der Waals surface area (Å²) in [6, 6.07) is 16.1. The van der Waals surface area contributed by atoms with Crippen molar-refractivity contribution in [3.8, 4) is 11.1 Å². The van der Waals surface area contributed by atoms with Crippen molar-refractivity contribution < 1.29 is 24.2 Å². The number of benzene rings is 2. The Balaban J connectivity index is 1.45. The van der Waals surface area contributed by atoms with E-state index < -0.39 is 23.5 Å². The number of anilines is 1. The van der Waals surface area contributed by atoms with E-state index in [1.54, 1.807) is 20.9 Å². The molecule has 9 nitrogen and oxygen atoms in total. The van der Waals surface area contributed by atoms with Crippen molar-refractivity contribution in [2.75, 3.05) is 11.9 Å². The van der Waals surface area contributed by atoms with E-state index in [0.717, 1.165) is 22.3 Å². The molecule has 0 radical (unpaired) electrons. The standard InChI is InChI=1S/C25H26N4O5/c1-25(2,12-21(30)31)27-23(32)19-13-29(3)28-22(19)26-24(33)34-14-20-17-10-6-4-8-15(17)16-9-5-7-11-18(16)20/h4-11,13,20H,12,14H2,1-3H3,(H,27,32)(H,30,31)(H,26,28,33). The number of carboxylic acids is 1. The Hall–Kier alpha value is -4.14. The largest absolute Gasteiger partial charge is 0.481 e. The van der Waals surface area contributed by atoms with E-state index >= 15 is 0 Å². The topological polar surface area (TPSA) is 123 Å². The first-order valence-corrected chi connectivity index (χ1v) is 10.8. The van der Waals surface area contributed by atoms with Gasteiger partial charge in [-0.05, 0) is 36.1 Å². The van der Waals surface area contributed by atoms with E-state index in [-0.39, 0.29) is 30.3 Å². The molecule has 0 saturated heterocycles. The molecule has 0 aliphatic heterocycles. The van der Waals surface area contributed by atoms with Crippen LogP contribution in [0.2, 0.25) is 0 Å². The molecule has 2 amide bonds. The summed E-state index contributed by atoms with van der Waals surface area (Å²) in [5.74, 6) is -1.65. The van der Waals surface area contributed by atoms with E-state index in [2.05, 4.69) is 27.9 Å². The van der Waals surface area contributed by atoms with Gasteiger partial charge in [0.1, 0.15) is 12.2 Å². The lowest BCUT2D eigenvalue weighted by atomic mass is 9.98. The van der Waals surface area contributed by atoms with Gasteiger partial charge < -0.3 is 15.2 Å². The zero-order valence-electron chi connectivity index (χ0n) is 19.2. The van der Waals surface area contributed by atoms with Gasteiger partial charge in [0.25, 0.3) is 5.91 Å². The number of aryl methyl sites for hydroxylation is 1. The number of carbonyl (C=O) groups is 3. The first-order chi connectivity index (χ1) is 16.1. The molecule has 3 aromatic rings. The molecule has 1 heterocycles. The number of fused-ring (bicyclic) bond motifs is 3. The minimum absolute atomic E-state index is 0.0309. The fourth-order valence-corrected chi connectivity index (χ4v) is 4.28. The Morgan fingerprint density at radius 1 is 1.06 bits per heavy atom. The number of rotatable bonds is 7. The molecule has 1 aliphatic carbocycles. The lowest BCUT2D eigenvalue weighted by Gasteiger charge is -2.24. The van der Waals surface area contributed by atoms with Crippen LogP contribution in [0.3, 0.4) is 0 Å². The predicted molar refractivity (Wildman–Crippen MR) is 126 cm³/mol. The van der Waals surface area contributed by atoms with Crippen LogP contribution in [0.4, 0.5) is 10.6 Å². The highest BCUT2D eigenvalue weighted by Gasteiger charge is 2.30. The molecule has 0 fully saturated rings. The second-order valence-corrected chi connectivity index (χ2v) is 8.92. The summed E-state index contributed by atoms with van der Waals surface area (Å²) in [5.41, 5.74) is 3.55. The number of amides is 2. The Labute approximate surface area is 196 Å². The molecule has 9 heteroatoms. The number of carboxylic acid groups (broad SMARTS) is 1. The van der Waals surface area contributed by atoms with Crippen LogP contribution in [-0.2, 0) is 16.6 Å². The van der Waals surface area contributed by atoms with Crippen molar-refractivity contribution in [2.45, 2.75) is 31.7 Å². The molecule has 0 unspecified atom stereocenters. The van der Waals surface area contributed by atoms with Gasteiger partial charge in [0, 0.05) is 24.7 Å². The Bertz CT molecular complexity index is 1220. The molecule has 4 rings (SSSR count). The van der Waals surface area contributed by atoms with Crippen molar-refractivity contribution in [3.63, 3.8) is 0 Å². The summed E-state index contributed by atoms with van der Waals surface area (Å²) >= 11 is 0. The monoisotopic (exact) mass is 462 g/mol. The van der Waals surface area contributed by atoms with Gasteiger partial charge in [-0.3, -0.25) is 19.6 Å². The first kappa shape index (κ1) is 23.0. The van der Waals surface area contributed by atoms with Gasteiger partial charge in [-0.15, -0.1) is 0 Å². The molecule has 1 aromatic heterocycles. The van der Waals surface area contributed by atoms with Gasteiger partial charge in [0.05, 0.1) is 6.42 Å². The Morgan fingerprint density at radius 2 is 1.65 bits per heavy atom. The third kappa shape index (κ3) is 4.78. The van der Waals surface area contributed by atoms with Crippen molar-refractivity contribution >= 4 is 23.8 Å². The number of aliphatic carboxylic acids is 1. The van der Waals surface area contributed by atoms with Gasteiger partial charge in [-0.25, -0.2) is 4.79 Å². The van der Waals surface area contributed by atoms with Crippen molar-refractivity contribution in [1.82, 2.24) is 15.1 Å². The Morgan fingerprint density at radius 3 is 2.24 bits per heavy atom. The van der Waals surface area contributed by atoms with Crippen LogP contribution in [0, 0.1) is 0 Å². The second-order valence-electron chi connectivity index (χ2n) is 8.92. The molecule has 0 spiro atoms. The number of aromatic nitrogens is 2. The predicted octanol–water partition coefficient (Wildman–Crippen LogP) is 3.76. The minimum atomic E-state index is -1.03. The number of ether oxygens (including phenoxy) is 1. The molecular weight excluding hydrogens is 436 g/mol. The molecule has 3 N–H and O–H groups in total. The van der Waals surface area contributed by atoms with Crippen LogP contribution in [0.1, 0.15) is 47.7 Å². The highest BCUT2D eigenvalue weighted by molar-refractivity contribution is 6.02. The van der Waals surface area contributed by atoms with Gasteiger partial charge in [-0.1, -0.05) is 48.5 Å². The third-order valence-electron chi connectivity index (χ3n) is 5.68. The summed E-state index contributed by atoms with van der Waals surface area (Å²) in [5, 5.41) is 18.4. The summed E-state index contributed by atoms with van der Waals surface area (Å²) in [4.78, 5) is 36.4. The zero-order chi connectivity index (χ0) is 24.5. The van der Waals surface area contributed by atoms with E-state index in [9.17, 15) is 14.4 Å². The van der Waals surface area contributed by atoms with Crippen LogP contribution in [0.5, 0.6) is 0 Å². The molecule has 1 aliphatic rings. The van der Waals surface area contributed by atoms with Crippen LogP contribution in [0.25, 0.3) is 11.1 Å². The van der Waals surface area contributed by atoms with E-state index in [1.807, 2.05) is 36.4 Å². The van der Waals surface area contributed by atoms with Gasteiger partial charge in [0.2, 0.25) is 0 Å². The third-order valence-corrected chi connectivity index (χ3v) is 5.68. The number of hydrogen-bond acceptors (Lipinski definition) is 5. The number of nitrogens with one attached hydrogen (secondary N) is 2. The SMILES string of the molecule is Cn1cc(C(=O)NC(C)(C)CC(=O)O)c(NC(=O)OCC2c3ccccc3-c3ccccc32)n1. The van der Waals surface area contributed by atoms with Crippen LogP contribution in [0.15, 0.2) is 54.7 Å². The minimum Gasteiger partial charge on any atom is -0.481 e. The molecule has 0 saturated carbocycles. The van der Waals surface area contributed by atoms with Gasteiger partial charge in [-0.2, -0.15) is 5.10 Å². The van der Waals surface area contributed by atoms with Crippen LogP contribution in [-0.4, -0.2) is 45.0 Å². The Kier molecular flexibility index (Phi) is 6.10. The smallest absolute Gasteiger partial charge is 0.412 e. The molecular formula is C25H26N4O5. The molecule has 2 aromatic carbocycles. The number of hydrogen-bond donors (Lipinski definition) is 3. The van der Waals surface area contributed by atoms with Gasteiger partial charge in [0.15, 0.2) is 5.82 Å². The maximum Gasteiger partial charge on any atom is 0.412 e. The average molecular weight is 463 g/mol. The molecule has 0 bridgehead atoms. The summed E-state index contributed by atoms with van der Waals surface area (Å²) in [6.07, 6.45) is 0.457. The summed E-state index contributed by atoms with van der Waals surface area (Å²) in [6.45, 7) is 3.34. The maximum absolute atomic E-state index is 12.7. The normalized spacial score (nSPS) is 12.6. The quantitative estimate of drug-likeness (QED) is 0.491. The molecule has 34 heavy (non-hydrogen) atoms. The average Bonchev–Trinajstić information content (AvgIpc) is 3.28. The lowest BCUT2D eigenvalue weighted by molar-refractivity contribution is -0.138. The maximum atomic E-state index is 12.7. The number of nitrogens with zero attached hydrogens (tertiary/aromatic N) is 2. The van der Waals surface area contributed by atoms with Crippen molar-refractivity contribution in [1.29, 1.82) is 0 Å². The molecule has 176 valence electrons. The lowest BCUT2D eigenvalue weighted by Crippen LogP contribution is -2.45. The van der Waals surface area contributed by atoms with E-state index in [4.69, 9.17) is 9.84 Å². The van der Waals surface area contributed by atoms with Crippen LogP contribution < -0.4 is 10.6 Å². The van der Waals surface area contributed by atoms with Crippen LogP contribution >= 0.6 is 0 Å². The fraction of sp³-hybridized carbons (Fsp3) is 0.280. The van der Waals surface area contributed by atoms with E-state index in [0.29, 0.717) is 0 Å². The summed E-state index contributed by atoms with van der Waals surface area (Å²) < 4.78 is 6.92. The number of carbonyl (C=O) groups excluding carboxylic acids is 2. The highest BCUT2D eigenvalue weighted by Crippen LogP contribution is 2.44. The summed E-state index contributed by atoms with van der Waals surface area (Å²) in [7, 11) is 1.61. The van der Waals surface area contributed by atoms with Gasteiger partial charge >= 0.3 is 12.1 Å². The second kappa shape index (κ2) is 9.01. The molecule has 0 atom stereocenters. The first-order valence-electron chi connectivity index (χ1n) is 10.8. The zero-order valence-corrected chi connectivity index (χ0v) is 19.2. The fourth-order valence-electron chi connectivity index (χ4n) is 4.28. The highest BCUT2D eigenvalue weighted by atomic mass is 16.5. The van der Waals surface area contributed by atoms with Crippen molar-refractivity contribution in [3.05, 3.63) is 71.4 Å².